The van der Waals surface area contributed by atoms with E-state index in [1.54, 1.807) is 0 Å². The number of hydrogen-bond donors (Lipinski definition) is 0. The van der Waals surface area contributed by atoms with E-state index in [1.165, 1.54) is 0 Å². The van der Waals surface area contributed by atoms with Gasteiger partial charge in [0.25, 0.3) is 0 Å². The van der Waals surface area contributed by atoms with E-state index in [0.717, 1.165) is 34.4 Å². The van der Waals surface area contributed by atoms with E-state index in [-0.39, 0.29) is 0 Å². The Labute approximate surface area is 166 Å². The predicted molar refractivity (Wildman–Crippen MR) is 111 cm³/mol. The summed E-state index contributed by atoms with van der Waals surface area (Å²) in [6.45, 7) is 14.8. The lowest BCUT2D eigenvalue weighted by atomic mass is 9.72. The average Bonchev–Trinajstić information content (AvgIpc) is 2.70. The molecule has 0 aliphatic carbocycles. The van der Waals surface area contributed by atoms with Crippen LogP contribution in [0.15, 0.2) is 61.7 Å². The Kier molecular flexibility index (Phi) is 6.57. The van der Waals surface area contributed by atoms with Crippen LogP contribution in [-0.2, 0) is 15.0 Å². The average molecular weight is 378 g/mol. The van der Waals surface area contributed by atoms with Gasteiger partial charge in [-0.3, -0.25) is 0 Å². The van der Waals surface area contributed by atoms with E-state index in [4.69, 9.17) is 9.47 Å². The van der Waals surface area contributed by atoms with E-state index in [2.05, 4.69) is 13.2 Å². The maximum absolute atomic E-state index is 11.9. The Morgan fingerprint density at radius 1 is 0.893 bits per heavy atom. The summed E-state index contributed by atoms with van der Waals surface area (Å²) in [5, 5.41) is 0. The summed E-state index contributed by atoms with van der Waals surface area (Å²) in [7, 11) is 0. The van der Waals surface area contributed by atoms with Gasteiger partial charge in [-0.05, 0) is 31.4 Å². The van der Waals surface area contributed by atoms with Crippen LogP contribution in [0.25, 0.3) is 0 Å². The van der Waals surface area contributed by atoms with Gasteiger partial charge in [0.15, 0.2) is 0 Å². The van der Waals surface area contributed by atoms with E-state index in [0.29, 0.717) is 17.9 Å². The molecule has 0 fully saturated rings. The molecule has 2 aromatic rings. The molecule has 0 atom stereocenters. The number of carbonyl (C=O) groups excluding carboxylic acids is 2. The summed E-state index contributed by atoms with van der Waals surface area (Å²) < 4.78 is 11.2. The summed E-state index contributed by atoms with van der Waals surface area (Å²) in [6.07, 6.45) is 2.98. The van der Waals surface area contributed by atoms with Gasteiger partial charge in [-0.2, -0.15) is 0 Å². The van der Waals surface area contributed by atoms with Gasteiger partial charge in [-0.15, -0.1) is 0 Å². The van der Waals surface area contributed by atoms with Gasteiger partial charge in [-0.25, -0.2) is 9.59 Å². The van der Waals surface area contributed by atoms with Crippen molar-refractivity contribution in [2.24, 2.45) is 0 Å². The fraction of sp³-hybridized carbons (Fsp3) is 0.250. The van der Waals surface area contributed by atoms with E-state index < -0.39 is 17.4 Å². The van der Waals surface area contributed by atoms with Crippen LogP contribution < -0.4 is 9.47 Å². The molecule has 0 amide bonds. The van der Waals surface area contributed by atoms with Crippen LogP contribution >= 0.6 is 0 Å². The first-order valence-corrected chi connectivity index (χ1v) is 9.17. The normalized spacial score (nSPS) is 10.9. The number of benzene rings is 2. The molecule has 2 rings (SSSR count). The Morgan fingerprint density at radius 2 is 1.29 bits per heavy atom. The quantitative estimate of drug-likeness (QED) is 0.377. The molecule has 2 aromatic carbocycles. The number of aryl methyl sites for hydroxylation is 2. The molecule has 4 heteroatoms. The summed E-state index contributed by atoms with van der Waals surface area (Å²) in [4.78, 5) is 23.8. The third-order valence-corrected chi connectivity index (χ3v) is 5.06. The lowest BCUT2D eigenvalue weighted by Crippen LogP contribution is -2.26. The van der Waals surface area contributed by atoms with Crippen molar-refractivity contribution < 1.29 is 19.1 Å². The number of ether oxygens (including phenoxy) is 2. The lowest BCUT2D eigenvalue weighted by Gasteiger charge is -2.33. The fourth-order valence-electron chi connectivity index (χ4n) is 3.26. The SMILES string of the molecule is C=CC(=O)Oc1c(C)cccc1C(C)(CC)c1cccc(C)c1OC(=O)C=C. The lowest BCUT2D eigenvalue weighted by molar-refractivity contribution is -0.129. The smallest absolute Gasteiger partial charge is 0.335 e. The Morgan fingerprint density at radius 3 is 1.61 bits per heavy atom. The second-order valence-corrected chi connectivity index (χ2v) is 6.84. The van der Waals surface area contributed by atoms with E-state index in [1.807, 2.05) is 64.1 Å². The van der Waals surface area contributed by atoms with Crippen molar-refractivity contribution in [1.29, 1.82) is 0 Å². The van der Waals surface area contributed by atoms with Gasteiger partial charge in [0.05, 0.1) is 0 Å². The highest BCUT2D eigenvalue weighted by molar-refractivity contribution is 5.85. The first-order chi connectivity index (χ1) is 13.3. The zero-order valence-corrected chi connectivity index (χ0v) is 16.9. The molecule has 0 aromatic heterocycles. The van der Waals surface area contributed by atoms with Crippen molar-refractivity contribution in [3.05, 3.63) is 84.0 Å². The topological polar surface area (TPSA) is 52.6 Å². The molecule has 0 heterocycles. The fourth-order valence-corrected chi connectivity index (χ4v) is 3.26. The predicted octanol–water partition coefficient (Wildman–Crippen LogP) is 5.20. The molecule has 0 spiro atoms. The third kappa shape index (κ3) is 4.06. The van der Waals surface area contributed by atoms with Crippen LogP contribution in [0.1, 0.15) is 42.5 Å². The van der Waals surface area contributed by atoms with Gasteiger partial charge in [-0.1, -0.05) is 63.4 Å². The molecule has 0 aliphatic rings. The molecule has 28 heavy (non-hydrogen) atoms. The van der Waals surface area contributed by atoms with Crippen molar-refractivity contribution in [3.8, 4) is 11.5 Å². The molecule has 146 valence electrons. The molecular formula is C24H26O4. The van der Waals surface area contributed by atoms with Crippen molar-refractivity contribution >= 4 is 11.9 Å². The molecule has 0 aliphatic heterocycles. The summed E-state index contributed by atoms with van der Waals surface area (Å²) in [5.41, 5.74) is 2.79. The minimum Gasteiger partial charge on any atom is -0.423 e. The van der Waals surface area contributed by atoms with Gasteiger partial charge in [0.1, 0.15) is 11.5 Å². The minimum atomic E-state index is -0.564. The monoisotopic (exact) mass is 378 g/mol. The van der Waals surface area contributed by atoms with Gasteiger partial charge in [0.2, 0.25) is 0 Å². The van der Waals surface area contributed by atoms with Gasteiger partial charge in [0, 0.05) is 28.7 Å². The van der Waals surface area contributed by atoms with Crippen LogP contribution in [0.2, 0.25) is 0 Å². The third-order valence-electron chi connectivity index (χ3n) is 5.06. The molecule has 0 saturated heterocycles. The summed E-state index contributed by atoms with van der Waals surface area (Å²) in [5.74, 6) is -0.0355. The molecule has 0 N–H and O–H groups in total. The van der Waals surface area contributed by atoms with Crippen molar-refractivity contribution in [1.82, 2.24) is 0 Å². The highest BCUT2D eigenvalue weighted by atomic mass is 16.5. The minimum absolute atomic E-state index is 0.499. The number of carbonyl (C=O) groups is 2. The van der Waals surface area contributed by atoms with Crippen LogP contribution in [0.3, 0.4) is 0 Å². The molecule has 0 radical (unpaired) electrons. The van der Waals surface area contributed by atoms with Crippen molar-refractivity contribution in [3.63, 3.8) is 0 Å². The highest BCUT2D eigenvalue weighted by Crippen LogP contribution is 2.45. The second kappa shape index (κ2) is 8.70. The molecule has 0 unspecified atom stereocenters. The molecule has 4 nitrogen and oxygen atoms in total. The van der Waals surface area contributed by atoms with Crippen molar-refractivity contribution in [2.45, 2.75) is 39.5 Å². The molecule has 0 bridgehead atoms. The van der Waals surface area contributed by atoms with Crippen LogP contribution in [0.5, 0.6) is 11.5 Å². The second-order valence-electron chi connectivity index (χ2n) is 6.84. The number of hydrogen-bond acceptors (Lipinski definition) is 4. The Bertz CT molecular complexity index is 853. The zero-order valence-electron chi connectivity index (χ0n) is 16.9. The first kappa shape index (κ1) is 21.2. The van der Waals surface area contributed by atoms with Crippen LogP contribution in [0.4, 0.5) is 0 Å². The largest absolute Gasteiger partial charge is 0.423 e. The number of para-hydroxylation sites is 2. The van der Waals surface area contributed by atoms with Crippen LogP contribution in [-0.4, -0.2) is 11.9 Å². The Hall–Kier alpha value is -3.14. The zero-order chi connectivity index (χ0) is 20.9. The van der Waals surface area contributed by atoms with Gasteiger partial charge >= 0.3 is 11.9 Å². The maximum atomic E-state index is 11.9. The molecule has 0 saturated carbocycles. The summed E-state index contributed by atoms with van der Waals surface area (Å²) in [6, 6.07) is 11.5. The maximum Gasteiger partial charge on any atom is 0.335 e. The number of esters is 2. The first-order valence-electron chi connectivity index (χ1n) is 9.17. The standard InChI is InChI=1S/C24H26O4/c1-7-20(25)27-22-16(4)12-10-14-18(22)24(6,9-3)19-15-11-13-17(5)23(19)28-21(26)8-2/h7-8,10-15H,1-2,9H2,3-6H3. The van der Waals surface area contributed by atoms with E-state index in [9.17, 15) is 9.59 Å². The van der Waals surface area contributed by atoms with Gasteiger partial charge < -0.3 is 9.47 Å². The van der Waals surface area contributed by atoms with Crippen molar-refractivity contribution in [2.75, 3.05) is 0 Å². The van der Waals surface area contributed by atoms with Crippen LogP contribution in [0, 0.1) is 13.8 Å². The Balaban J connectivity index is 2.74. The highest BCUT2D eigenvalue weighted by Gasteiger charge is 2.34. The van der Waals surface area contributed by atoms with E-state index >= 15 is 0 Å². The summed E-state index contributed by atoms with van der Waals surface area (Å²) >= 11 is 0. The molecular weight excluding hydrogens is 352 g/mol. The number of rotatable bonds is 7.